The number of rotatable bonds is 7. The largest absolute Gasteiger partial charge is 0.494 e. The van der Waals surface area contributed by atoms with Crippen LogP contribution in [0, 0.1) is 5.82 Å². The minimum Gasteiger partial charge on any atom is -0.494 e. The van der Waals surface area contributed by atoms with E-state index >= 15 is 0 Å². The Morgan fingerprint density at radius 1 is 1.20 bits per heavy atom. The van der Waals surface area contributed by atoms with Gasteiger partial charge in [-0.05, 0) is 48.9 Å². The van der Waals surface area contributed by atoms with Crippen LogP contribution in [0.4, 0.5) is 4.39 Å². The van der Waals surface area contributed by atoms with Crippen molar-refractivity contribution in [2.45, 2.75) is 6.92 Å². The van der Waals surface area contributed by atoms with Crippen molar-refractivity contribution in [1.82, 2.24) is 10.7 Å². The summed E-state index contributed by atoms with van der Waals surface area (Å²) in [5.74, 6) is -0.597. The van der Waals surface area contributed by atoms with E-state index in [1.807, 2.05) is 6.92 Å². The third-order valence-corrected chi connectivity index (χ3v) is 3.09. The number of hydrogen-bond donors (Lipinski definition) is 2. The average Bonchev–Trinajstić information content (AvgIpc) is 2.61. The van der Waals surface area contributed by atoms with Crippen LogP contribution in [0.3, 0.4) is 0 Å². The lowest BCUT2D eigenvalue weighted by Crippen LogP contribution is -2.34. The fourth-order valence-electron chi connectivity index (χ4n) is 1.94. The topological polar surface area (TPSA) is 79.8 Å². The molecule has 6 nitrogen and oxygen atoms in total. The van der Waals surface area contributed by atoms with Gasteiger partial charge in [0, 0.05) is 5.56 Å². The summed E-state index contributed by atoms with van der Waals surface area (Å²) in [4.78, 5) is 23.6. The number of hydrazone groups is 1. The summed E-state index contributed by atoms with van der Waals surface area (Å²) in [5, 5.41) is 6.19. The zero-order chi connectivity index (χ0) is 18.1. The first kappa shape index (κ1) is 18.1. The normalized spacial score (nSPS) is 10.5. The molecule has 0 heterocycles. The number of hydrogen-bond acceptors (Lipinski definition) is 4. The molecule has 0 saturated heterocycles. The number of carbonyl (C=O) groups excluding carboxylic acids is 2. The lowest BCUT2D eigenvalue weighted by atomic mass is 10.2. The van der Waals surface area contributed by atoms with Gasteiger partial charge < -0.3 is 10.1 Å². The molecule has 0 aliphatic carbocycles. The summed E-state index contributed by atoms with van der Waals surface area (Å²) in [6, 6.07) is 12.4. The van der Waals surface area contributed by atoms with E-state index < -0.39 is 11.7 Å². The molecule has 0 atom stereocenters. The number of benzene rings is 2. The van der Waals surface area contributed by atoms with Crippen molar-refractivity contribution in [3.05, 3.63) is 65.5 Å². The Bertz CT molecular complexity index is 760. The predicted octanol–water partition coefficient (Wildman–Crippen LogP) is 2.10. The number of nitrogens with zero attached hydrogens (tertiary/aromatic N) is 1. The van der Waals surface area contributed by atoms with Crippen molar-refractivity contribution in [3.8, 4) is 5.75 Å². The van der Waals surface area contributed by atoms with Crippen LogP contribution in [0.5, 0.6) is 5.75 Å². The van der Waals surface area contributed by atoms with Gasteiger partial charge >= 0.3 is 0 Å². The summed E-state index contributed by atoms with van der Waals surface area (Å²) in [5.41, 5.74) is 3.19. The Hall–Kier alpha value is -3.22. The Morgan fingerprint density at radius 3 is 2.64 bits per heavy atom. The minimum atomic E-state index is -0.494. The predicted molar refractivity (Wildman–Crippen MR) is 92.1 cm³/mol. The van der Waals surface area contributed by atoms with E-state index in [1.165, 1.54) is 24.4 Å². The van der Waals surface area contributed by atoms with Gasteiger partial charge in [-0.2, -0.15) is 5.10 Å². The van der Waals surface area contributed by atoms with Gasteiger partial charge in [0.05, 0.1) is 19.4 Å². The van der Waals surface area contributed by atoms with Crippen LogP contribution in [0.2, 0.25) is 0 Å². The summed E-state index contributed by atoms with van der Waals surface area (Å²) in [6.45, 7) is 2.18. The molecular formula is C18H18FN3O3. The second-order valence-electron chi connectivity index (χ2n) is 4.99. The van der Waals surface area contributed by atoms with Gasteiger partial charge in [0.15, 0.2) is 0 Å². The third kappa shape index (κ3) is 6.06. The van der Waals surface area contributed by atoms with E-state index in [0.717, 1.165) is 0 Å². The van der Waals surface area contributed by atoms with E-state index in [0.29, 0.717) is 23.5 Å². The summed E-state index contributed by atoms with van der Waals surface area (Å²) in [6.07, 6.45) is 1.31. The number of amides is 2. The van der Waals surface area contributed by atoms with Gasteiger partial charge in [-0.25, -0.2) is 9.82 Å². The van der Waals surface area contributed by atoms with Crippen molar-refractivity contribution < 1.29 is 18.7 Å². The molecule has 130 valence electrons. The van der Waals surface area contributed by atoms with Crippen LogP contribution < -0.4 is 15.5 Å². The third-order valence-electron chi connectivity index (χ3n) is 3.09. The molecule has 0 saturated carbocycles. The van der Waals surface area contributed by atoms with E-state index in [-0.39, 0.29) is 12.5 Å². The van der Waals surface area contributed by atoms with Crippen LogP contribution in [-0.2, 0) is 4.79 Å². The van der Waals surface area contributed by atoms with Gasteiger partial charge in [0.2, 0.25) is 0 Å². The van der Waals surface area contributed by atoms with Gasteiger partial charge in [-0.1, -0.05) is 12.1 Å². The molecule has 0 fully saturated rings. The maximum absolute atomic E-state index is 13.0. The molecule has 2 rings (SSSR count). The van der Waals surface area contributed by atoms with Gasteiger partial charge in [0.1, 0.15) is 11.6 Å². The molecule has 2 N–H and O–H groups in total. The molecule has 0 unspecified atom stereocenters. The molecular weight excluding hydrogens is 325 g/mol. The Balaban J connectivity index is 1.78. The zero-order valence-corrected chi connectivity index (χ0v) is 13.7. The zero-order valence-electron chi connectivity index (χ0n) is 13.7. The molecule has 0 aromatic heterocycles. The number of halogens is 1. The lowest BCUT2D eigenvalue weighted by Gasteiger charge is -2.06. The Labute approximate surface area is 144 Å². The molecule has 2 amide bonds. The second kappa shape index (κ2) is 9.17. The van der Waals surface area contributed by atoms with Gasteiger partial charge in [0.25, 0.3) is 11.8 Å². The monoisotopic (exact) mass is 343 g/mol. The number of carbonyl (C=O) groups is 2. The fourth-order valence-corrected chi connectivity index (χ4v) is 1.94. The molecule has 0 radical (unpaired) electrons. The highest BCUT2D eigenvalue weighted by Crippen LogP contribution is 2.11. The molecule has 25 heavy (non-hydrogen) atoms. The Morgan fingerprint density at radius 2 is 1.96 bits per heavy atom. The first-order valence-corrected chi connectivity index (χ1v) is 7.67. The quantitative estimate of drug-likeness (QED) is 0.597. The number of ether oxygens (including phenoxy) is 1. The van der Waals surface area contributed by atoms with Crippen LogP contribution >= 0.6 is 0 Å². The molecule has 0 aliphatic rings. The maximum atomic E-state index is 13.0. The first-order chi connectivity index (χ1) is 12.1. The maximum Gasteiger partial charge on any atom is 0.259 e. The molecule has 0 bridgehead atoms. The SMILES string of the molecule is CCOc1ccc(C(=O)NCC(=O)N/N=C/c2cccc(F)c2)cc1. The van der Waals surface area contributed by atoms with E-state index in [4.69, 9.17) is 4.74 Å². The molecule has 2 aromatic carbocycles. The van der Waals surface area contributed by atoms with Gasteiger partial charge in [-0.15, -0.1) is 0 Å². The van der Waals surface area contributed by atoms with E-state index in [9.17, 15) is 14.0 Å². The van der Waals surface area contributed by atoms with Crippen LogP contribution in [-0.4, -0.2) is 31.2 Å². The molecule has 0 aliphatic heterocycles. The smallest absolute Gasteiger partial charge is 0.259 e. The fraction of sp³-hybridized carbons (Fsp3) is 0.167. The highest BCUT2D eigenvalue weighted by molar-refractivity contribution is 5.96. The number of nitrogens with one attached hydrogen (secondary N) is 2. The first-order valence-electron chi connectivity index (χ1n) is 7.67. The van der Waals surface area contributed by atoms with E-state index in [1.54, 1.807) is 30.3 Å². The molecule has 2 aromatic rings. The van der Waals surface area contributed by atoms with Crippen LogP contribution in [0.25, 0.3) is 0 Å². The van der Waals surface area contributed by atoms with E-state index in [2.05, 4.69) is 15.8 Å². The van der Waals surface area contributed by atoms with Crippen LogP contribution in [0.1, 0.15) is 22.8 Å². The van der Waals surface area contributed by atoms with Gasteiger partial charge in [-0.3, -0.25) is 9.59 Å². The summed E-state index contributed by atoms with van der Waals surface area (Å²) in [7, 11) is 0. The highest BCUT2D eigenvalue weighted by Gasteiger charge is 2.07. The molecule has 7 heteroatoms. The van der Waals surface area contributed by atoms with Crippen molar-refractivity contribution in [2.24, 2.45) is 5.10 Å². The Kier molecular flexibility index (Phi) is 6.65. The van der Waals surface area contributed by atoms with Crippen molar-refractivity contribution in [3.63, 3.8) is 0 Å². The molecule has 0 spiro atoms. The summed E-state index contributed by atoms with van der Waals surface area (Å²) >= 11 is 0. The standard InChI is InChI=1S/C18H18FN3O3/c1-2-25-16-8-6-14(7-9-16)18(24)20-12-17(23)22-21-11-13-4-3-5-15(19)10-13/h3-11H,2,12H2,1H3,(H,20,24)(H,22,23)/b21-11+. The van der Waals surface area contributed by atoms with Crippen molar-refractivity contribution in [2.75, 3.05) is 13.2 Å². The summed E-state index contributed by atoms with van der Waals surface area (Å²) < 4.78 is 18.3. The van der Waals surface area contributed by atoms with Crippen molar-refractivity contribution in [1.29, 1.82) is 0 Å². The minimum absolute atomic E-state index is 0.230. The average molecular weight is 343 g/mol. The highest BCUT2D eigenvalue weighted by atomic mass is 19.1. The second-order valence-corrected chi connectivity index (χ2v) is 4.99. The van der Waals surface area contributed by atoms with Crippen molar-refractivity contribution >= 4 is 18.0 Å². The van der Waals surface area contributed by atoms with Crippen LogP contribution in [0.15, 0.2) is 53.6 Å². The lowest BCUT2D eigenvalue weighted by molar-refractivity contribution is -0.120.